The summed E-state index contributed by atoms with van der Waals surface area (Å²) in [5.74, 6) is -1.55. The molecule has 0 saturated carbocycles. The molecule has 3 aromatic rings. The molecule has 6 nitrogen and oxygen atoms in total. The van der Waals surface area contributed by atoms with Gasteiger partial charge in [0.1, 0.15) is 5.82 Å². The van der Waals surface area contributed by atoms with Gasteiger partial charge >= 0.3 is 0 Å². The van der Waals surface area contributed by atoms with Crippen molar-refractivity contribution >= 4 is 17.6 Å². The lowest BCUT2D eigenvalue weighted by molar-refractivity contribution is -0.168. The lowest BCUT2D eigenvalue weighted by Gasteiger charge is -2.56. The maximum Gasteiger partial charge on any atom is 0.240 e. The Morgan fingerprint density at radius 2 is 1.44 bits per heavy atom. The number of methoxy groups -OCH3 is 2. The van der Waals surface area contributed by atoms with Crippen molar-refractivity contribution in [2.24, 2.45) is 11.8 Å². The fourth-order valence-corrected chi connectivity index (χ4v) is 6.41. The molecule has 4 aliphatic rings. The topological polar surface area (TPSA) is 68.7 Å². The number of imide groups is 1. The normalized spacial score (nSPS) is 27.5. The summed E-state index contributed by atoms with van der Waals surface area (Å²) in [7, 11) is 3.17. The molecule has 2 atom stereocenters. The zero-order valence-electron chi connectivity index (χ0n) is 17.8. The molecule has 2 heterocycles. The minimum absolute atomic E-state index is 0.214. The Morgan fingerprint density at radius 1 is 0.844 bits per heavy atom. The molecule has 3 aliphatic carbocycles. The van der Waals surface area contributed by atoms with E-state index in [0.717, 1.165) is 22.3 Å². The van der Waals surface area contributed by atoms with Gasteiger partial charge in [0.15, 0.2) is 6.29 Å². The van der Waals surface area contributed by atoms with Crippen molar-refractivity contribution in [2.45, 2.75) is 17.6 Å². The number of ether oxygens (including phenoxy) is 2. The fraction of sp³-hybridized carbons (Fsp3) is 0.269. The van der Waals surface area contributed by atoms with Crippen LogP contribution in [0.25, 0.3) is 0 Å². The third-order valence-corrected chi connectivity index (χ3v) is 7.36. The van der Waals surface area contributed by atoms with E-state index in [0.29, 0.717) is 5.82 Å². The standard InChI is InChI=1S/C26H22N2O4/c1-31-25(32-2)26-17-11-5-3-9-15(17)20(16-10-4-6-12-18(16)26)21-22(26)24(30)28(23(21)29)19-13-7-8-14-27-19/h3-14,20-22,25H,1-2H3/t20?,21-,22-,26?/m1/s1. The maximum atomic E-state index is 14.1. The molecule has 1 fully saturated rings. The molecule has 7 rings (SSSR count). The molecule has 160 valence electrons. The second-order valence-electron chi connectivity index (χ2n) is 8.53. The molecule has 0 spiro atoms. The summed E-state index contributed by atoms with van der Waals surface area (Å²) in [6.07, 6.45) is 0.845. The number of benzene rings is 2. The van der Waals surface area contributed by atoms with Crippen LogP contribution in [0, 0.1) is 11.8 Å². The summed E-state index contributed by atoms with van der Waals surface area (Å²) in [5.41, 5.74) is 3.13. The van der Waals surface area contributed by atoms with E-state index in [-0.39, 0.29) is 17.7 Å². The van der Waals surface area contributed by atoms with Gasteiger partial charge in [-0.15, -0.1) is 0 Å². The third-order valence-electron chi connectivity index (χ3n) is 7.36. The molecule has 0 unspecified atom stereocenters. The van der Waals surface area contributed by atoms with E-state index in [1.165, 1.54) is 4.90 Å². The largest absolute Gasteiger partial charge is 0.355 e. The van der Waals surface area contributed by atoms with E-state index >= 15 is 0 Å². The first-order chi connectivity index (χ1) is 15.7. The fourth-order valence-electron chi connectivity index (χ4n) is 6.41. The Morgan fingerprint density at radius 3 is 2.00 bits per heavy atom. The lowest BCUT2D eigenvalue weighted by atomic mass is 9.47. The van der Waals surface area contributed by atoms with Crippen LogP contribution in [0.5, 0.6) is 0 Å². The Balaban J connectivity index is 1.69. The first-order valence-corrected chi connectivity index (χ1v) is 10.7. The van der Waals surface area contributed by atoms with E-state index in [4.69, 9.17) is 9.47 Å². The van der Waals surface area contributed by atoms with Gasteiger partial charge in [0.2, 0.25) is 11.8 Å². The molecule has 6 heteroatoms. The molecule has 2 bridgehead atoms. The van der Waals surface area contributed by atoms with Crippen molar-refractivity contribution in [1.82, 2.24) is 4.98 Å². The van der Waals surface area contributed by atoms with Gasteiger partial charge < -0.3 is 9.47 Å². The summed E-state index contributed by atoms with van der Waals surface area (Å²) in [5, 5.41) is 0. The third kappa shape index (κ3) is 2.13. The molecule has 0 N–H and O–H groups in total. The van der Waals surface area contributed by atoms with Crippen LogP contribution >= 0.6 is 0 Å². The van der Waals surface area contributed by atoms with Crippen LogP contribution in [0.1, 0.15) is 28.2 Å². The van der Waals surface area contributed by atoms with Gasteiger partial charge in [-0.25, -0.2) is 9.88 Å². The second-order valence-corrected chi connectivity index (χ2v) is 8.53. The molecule has 1 saturated heterocycles. The van der Waals surface area contributed by atoms with E-state index < -0.39 is 23.5 Å². The molecule has 1 aromatic heterocycles. The number of hydrogen-bond donors (Lipinski definition) is 0. The molecule has 2 aromatic carbocycles. The quantitative estimate of drug-likeness (QED) is 0.473. The van der Waals surface area contributed by atoms with Gasteiger partial charge in [-0.3, -0.25) is 9.59 Å². The van der Waals surface area contributed by atoms with E-state index in [2.05, 4.69) is 17.1 Å². The number of carbonyl (C=O) groups excluding carboxylic acids is 2. The number of aromatic nitrogens is 1. The Hall–Kier alpha value is -3.35. The molecule has 1 aliphatic heterocycles. The number of rotatable bonds is 4. The zero-order valence-corrected chi connectivity index (χ0v) is 17.8. The van der Waals surface area contributed by atoms with E-state index in [1.54, 1.807) is 38.6 Å². The molecule has 0 radical (unpaired) electrons. The first kappa shape index (κ1) is 19.3. The SMILES string of the molecule is COC(OC)C12c3ccccc3C(c3ccccc31)[C@H]1C(=O)N(c3ccccn3)C(=O)[C@@H]12. The lowest BCUT2D eigenvalue weighted by Crippen LogP contribution is -2.60. The highest BCUT2D eigenvalue weighted by molar-refractivity contribution is 6.23. The van der Waals surface area contributed by atoms with Gasteiger partial charge in [0.25, 0.3) is 0 Å². The smallest absolute Gasteiger partial charge is 0.240 e. The summed E-state index contributed by atoms with van der Waals surface area (Å²) in [6.45, 7) is 0. The van der Waals surface area contributed by atoms with Crippen LogP contribution in [-0.2, 0) is 24.5 Å². The Kier molecular flexibility index (Phi) is 4.12. The minimum atomic E-state index is -0.952. The number of hydrogen-bond acceptors (Lipinski definition) is 5. The van der Waals surface area contributed by atoms with Gasteiger partial charge in [-0.05, 0) is 34.4 Å². The van der Waals surface area contributed by atoms with E-state index in [9.17, 15) is 9.59 Å². The highest BCUT2D eigenvalue weighted by atomic mass is 16.7. The molecular formula is C26H22N2O4. The van der Waals surface area contributed by atoms with Crippen molar-refractivity contribution in [3.63, 3.8) is 0 Å². The monoisotopic (exact) mass is 426 g/mol. The van der Waals surface area contributed by atoms with Crippen LogP contribution in [0.4, 0.5) is 5.82 Å². The predicted molar refractivity (Wildman–Crippen MR) is 117 cm³/mol. The number of pyridine rings is 1. The average molecular weight is 426 g/mol. The van der Waals surface area contributed by atoms with Crippen LogP contribution in [0.3, 0.4) is 0 Å². The number of nitrogens with zero attached hydrogens (tertiary/aromatic N) is 2. The van der Waals surface area contributed by atoms with Crippen LogP contribution < -0.4 is 4.90 Å². The minimum Gasteiger partial charge on any atom is -0.355 e. The molecule has 32 heavy (non-hydrogen) atoms. The van der Waals surface area contributed by atoms with Gasteiger partial charge in [0, 0.05) is 26.3 Å². The number of anilines is 1. The summed E-state index contributed by atoms with van der Waals surface area (Å²) >= 11 is 0. The van der Waals surface area contributed by atoms with E-state index in [1.807, 2.05) is 36.4 Å². The van der Waals surface area contributed by atoms with Crippen molar-refractivity contribution in [1.29, 1.82) is 0 Å². The van der Waals surface area contributed by atoms with Crippen molar-refractivity contribution in [3.8, 4) is 0 Å². The van der Waals surface area contributed by atoms with Crippen molar-refractivity contribution in [3.05, 3.63) is 95.2 Å². The van der Waals surface area contributed by atoms with Crippen molar-refractivity contribution < 1.29 is 19.1 Å². The summed E-state index contributed by atoms with van der Waals surface area (Å²) in [4.78, 5) is 33.5. The number of amides is 2. The Labute approximate surface area is 185 Å². The van der Waals surface area contributed by atoms with Gasteiger partial charge in [-0.1, -0.05) is 54.6 Å². The second kappa shape index (κ2) is 6.82. The first-order valence-electron chi connectivity index (χ1n) is 10.7. The predicted octanol–water partition coefficient (Wildman–Crippen LogP) is 3.25. The summed E-state index contributed by atoms with van der Waals surface area (Å²) < 4.78 is 11.8. The van der Waals surface area contributed by atoms with Crippen LogP contribution in [-0.4, -0.2) is 37.3 Å². The van der Waals surface area contributed by atoms with Gasteiger partial charge in [-0.2, -0.15) is 0 Å². The average Bonchev–Trinajstić information content (AvgIpc) is 3.11. The number of carbonyl (C=O) groups is 2. The highest BCUT2D eigenvalue weighted by Crippen LogP contribution is 2.65. The highest BCUT2D eigenvalue weighted by Gasteiger charge is 2.71. The van der Waals surface area contributed by atoms with Gasteiger partial charge in [0.05, 0.1) is 17.3 Å². The Bertz CT molecular complexity index is 1190. The molecular weight excluding hydrogens is 404 g/mol. The van der Waals surface area contributed by atoms with Crippen molar-refractivity contribution in [2.75, 3.05) is 19.1 Å². The van der Waals surface area contributed by atoms with Crippen LogP contribution in [0.2, 0.25) is 0 Å². The summed E-state index contributed by atoms with van der Waals surface area (Å²) in [6, 6.07) is 21.4. The maximum absolute atomic E-state index is 14.1. The molecule has 2 amide bonds. The zero-order chi connectivity index (χ0) is 22.0. The van der Waals surface area contributed by atoms with Crippen LogP contribution in [0.15, 0.2) is 72.9 Å².